The van der Waals surface area contributed by atoms with Gasteiger partial charge in [-0.25, -0.2) is 0 Å². The predicted octanol–water partition coefficient (Wildman–Crippen LogP) is 0.230. The molecule has 0 bridgehead atoms. The second kappa shape index (κ2) is 8.88. The molecule has 0 aromatic rings. The van der Waals surface area contributed by atoms with Gasteiger partial charge < -0.3 is 20.5 Å². The molecular formula is C12H24N2O4. The molecule has 0 radical (unpaired) electrons. The van der Waals surface area contributed by atoms with Crippen LogP contribution in [-0.4, -0.2) is 50.3 Å². The van der Waals surface area contributed by atoms with E-state index in [1.807, 2.05) is 13.8 Å². The van der Waals surface area contributed by atoms with Crippen molar-refractivity contribution in [3.8, 4) is 0 Å². The van der Waals surface area contributed by atoms with Crippen LogP contribution in [0.15, 0.2) is 0 Å². The standard InChI is InChI=1S/C12H24N2O4/c1-4-12(5-2,11(16)17)9-14-10(15)8-13-6-7-18-3/h13H,4-9H2,1-3H3,(H,14,15)(H,16,17). The van der Waals surface area contributed by atoms with E-state index in [2.05, 4.69) is 10.6 Å². The molecule has 0 rings (SSSR count). The van der Waals surface area contributed by atoms with Crippen LogP contribution in [0.2, 0.25) is 0 Å². The van der Waals surface area contributed by atoms with Crippen molar-refractivity contribution in [2.75, 3.05) is 33.4 Å². The van der Waals surface area contributed by atoms with Gasteiger partial charge in [0.2, 0.25) is 5.91 Å². The van der Waals surface area contributed by atoms with Crippen LogP contribution in [0.25, 0.3) is 0 Å². The second-order valence-corrected chi connectivity index (χ2v) is 4.24. The molecular weight excluding hydrogens is 236 g/mol. The summed E-state index contributed by atoms with van der Waals surface area (Å²) in [5, 5.41) is 14.8. The Labute approximate surface area is 108 Å². The third kappa shape index (κ3) is 5.46. The van der Waals surface area contributed by atoms with Crippen molar-refractivity contribution < 1.29 is 19.4 Å². The molecule has 106 valence electrons. The molecule has 0 aromatic carbocycles. The normalized spacial score (nSPS) is 11.3. The molecule has 0 spiro atoms. The average Bonchev–Trinajstić information content (AvgIpc) is 2.36. The van der Waals surface area contributed by atoms with Gasteiger partial charge in [0.25, 0.3) is 0 Å². The largest absolute Gasteiger partial charge is 0.481 e. The van der Waals surface area contributed by atoms with Crippen LogP contribution in [0, 0.1) is 5.41 Å². The highest BCUT2D eigenvalue weighted by atomic mass is 16.5. The molecule has 0 fully saturated rings. The molecule has 6 heteroatoms. The van der Waals surface area contributed by atoms with E-state index in [0.29, 0.717) is 26.0 Å². The quantitative estimate of drug-likeness (QED) is 0.489. The zero-order chi connectivity index (χ0) is 14.0. The summed E-state index contributed by atoms with van der Waals surface area (Å²) in [7, 11) is 1.59. The van der Waals surface area contributed by atoms with Crippen LogP contribution in [0.4, 0.5) is 0 Å². The van der Waals surface area contributed by atoms with Gasteiger partial charge in [0.1, 0.15) is 0 Å². The van der Waals surface area contributed by atoms with Gasteiger partial charge in [-0.1, -0.05) is 13.8 Å². The van der Waals surface area contributed by atoms with Crippen LogP contribution in [0.1, 0.15) is 26.7 Å². The Hall–Kier alpha value is -1.14. The van der Waals surface area contributed by atoms with Gasteiger partial charge in [-0.2, -0.15) is 0 Å². The highest BCUT2D eigenvalue weighted by molar-refractivity contribution is 5.80. The number of ether oxygens (including phenoxy) is 1. The Morgan fingerprint density at radius 2 is 1.89 bits per heavy atom. The Morgan fingerprint density at radius 1 is 1.28 bits per heavy atom. The molecule has 0 aromatic heterocycles. The molecule has 1 amide bonds. The maximum Gasteiger partial charge on any atom is 0.311 e. The van der Waals surface area contributed by atoms with Crippen LogP contribution >= 0.6 is 0 Å². The summed E-state index contributed by atoms with van der Waals surface area (Å²) in [5.74, 6) is -1.06. The van der Waals surface area contributed by atoms with E-state index in [9.17, 15) is 14.7 Å². The SMILES string of the molecule is CCC(CC)(CNC(=O)CNCCOC)C(=O)O. The number of methoxy groups -OCH3 is 1. The van der Waals surface area contributed by atoms with E-state index in [0.717, 1.165) is 0 Å². The fraction of sp³-hybridized carbons (Fsp3) is 0.833. The molecule has 0 saturated carbocycles. The first-order valence-corrected chi connectivity index (χ1v) is 6.22. The summed E-state index contributed by atoms with van der Waals surface area (Å²) in [6.07, 6.45) is 0.992. The maximum absolute atomic E-state index is 11.5. The molecule has 3 N–H and O–H groups in total. The number of rotatable bonds is 10. The van der Waals surface area contributed by atoms with E-state index in [1.165, 1.54) is 0 Å². The first kappa shape index (κ1) is 16.9. The van der Waals surface area contributed by atoms with Crippen LogP contribution in [-0.2, 0) is 14.3 Å². The van der Waals surface area contributed by atoms with Crippen LogP contribution in [0.3, 0.4) is 0 Å². The van der Waals surface area contributed by atoms with Gasteiger partial charge in [-0.05, 0) is 12.8 Å². The lowest BCUT2D eigenvalue weighted by Gasteiger charge is -2.26. The lowest BCUT2D eigenvalue weighted by Crippen LogP contribution is -2.45. The molecule has 0 atom stereocenters. The smallest absolute Gasteiger partial charge is 0.311 e. The topological polar surface area (TPSA) is 87.7 Å². The second-order valence-electron chi connectivity index (χ2n) is 4.24. The highest BCUT2D eigenvalue weighted by Crippen LogP contribution is 2.25. The summed E-state index contributed by atoms with van der Waals surface area (Å²) in [6, 6.07) is 0. The van der Waals surface area contributed by atoms with E-state index < -0.39 is 11.4 Å². The molecule has 0 aliphatic rings. The van der Waals surface area contributed by atoms with Crippen molar-refractivity contribution in [3.63, 3.8) is 0 Å². The summed E-state index contributed by atoms with van der Waals surface area (Å²) in [4.78, 5) is 22.7. The highest BCUT2D eigenvalue weighted by Gasteiger charge is 2.34. The zero-order valence-corrected chi connectivity index (χ0v) is 11.4. The molecule has 0 saturated heterocycles. The number of amides is 1. The van der Waals surface area contributed by atoms with E-state index in [-0.39, 0.29) is 19.0 Å². The Kier molecular flexibility index (Phi) is 8.32. The minimum absolute atomic E-state index is 0.167. The monoisotopic (exact) mass is 260 g/mol. The first-order valence-electron chi connectivity index (χ1n) is 6.22. The number of carbonyl (C=O) groups excluding carboxylic acids is 1. The lowest BCUT2D eigenvalue weighted by molar-refractivity contribution is -0.149. The average molecular weight is 260 g/mol. The third-order valence-corrected chi connectivity index (χ3v) is 3.20. The van der Waals surface area contributed by atoms with Crippen molar-refractivity contribution in [1.29, 1.82) is 0 Å². The summed E-state index contributed by atoms with van der Waals surface area (Å²) in [5.41, 5.74) is -0.859. The van der Waals surface area contributed by atoms with Crippen molar-refractivity contribution in [2.24, 2.45) is 5.41 Å². The number of carboxylic acid groups (broad SMARTS) is 1. The maximum atomic E-state index is 11.5. The lowest BCUT2D eigenvalue weighted by atomic mass is 9.82. The molecule has 6 nitrogen and oxygen atoms in total. The molecule has 0 unspecified atom stereocenters. The Balaban J connectivity index is 4.04. The van der Waals surface area contributed by atoms with Gasteiger partial charge in [0.15, 0.2) is 0 Å². The van der Waals surface area contributed by atoms with Crippen molar-refractivity contribution in [1.82, 2.24) is 10.6 Å². The number of hydrogen-bond acceptors (Lipinski definition) is 4. The third-order valence-electron chi connectivity index (χ3n) is 3.20. The first-order chi connectivity index (χ1) is 8.52. The molecule has 0 heterocycles. The minimum atomic E-state index is -0.861. The number of aliphatic carboxylic acids is 1. The van der Waals surface area contributed by atoms with Gasteiger partial charge in [0, 0.05) is 20.2 Å². The van der Waals surface area contributed by atoms with Gasteiger partial charge in [0.05, 0.1) is 18.6 Å². The minimum Gasteiger partial charge on any atom is -0.481 e. The van der Waals surface area contributed by atoms with E-state index in [4.69, 9.17) is 4.74 Å². The van der Waals surface area contributed by atoms with Gasteiger partial charge >= 0.3 is 5.97 Å². The summed E-state index contributed by atoms with van der Waals surface area (Å²) >= 11 is 0. The fourth-order valence-electron chi connectivity index (χ4n) is 1.58. The van der Waals surface area contributed by atoms with Crippen LogP contribution < -0.4 is 10.6 Å². The Morgan fingerprint density at radius 3 is 2.33 bits per heavy atom. The van der Waals surface area contributed by atoms with Gasteiger partial charge in [-0.15, -0.1) is 0 Å². The Bertz CT molecular complexity index is 265. The summed E-state index contributed by atoms with van der Waals surface area (Å²) < 4.78 is 4.83. The molecule has 0 aliphatic heterocycles. The van der Waals surface area contributed by atoms with Gasteiger partial charge in [-0.3, -0.25) is 9.59 Å². The van der Waals surface area contributed by atoms with Crippen molar-refractivity contribution in [3.05, 3.63) is 0 Å². The number of nitrogens with one attached hydrogen (secondary N) is 2. The fourth-order valence-corrected chi connectivity index (χ4v) is 1.58. The van der Waals surface area contributed by atoms with Crippen molar-refractivity contribution >= 4 is 11.9 Å². The predicted molar refractivity (Wildman–Crippen MR) is 68.4 cm³/mol. The van der Waals surface area contributed by atoms with E-state index >= 15 is 0 Å². The summed E-state index contributed by atoms with van der Waals surface area (Å²) in [6.45, 7) is 5.11. The number of carboxylic acids is 1. The van der Waals surface area contributed by atoms with E-state index in [1.54, 1.807) is 7.11 Å². The zero-order valence-electron chi connectivity index (χ0n) is 11.4. The van der Waals surface area contributed by atoms with Crippen molar-refractivity contribution in [2.45, 2.75) is 26.7 Å². The molecule has 18 heavy (non-hydrogen) atoms. The number of hydrogen-bond donors (Lipinski definition) is 3. The number of carbonyl (C=O) groups is 2. The van der Waals surface area contributed by atoms with Crippen LogP contribution in [0.5, 0.6) is 0 Å². The molecule has 0 aliphatic carbocycles.